The van der Waals surface area contributed by atoms with Crippen molar-refractivity contribution in [3.05, 3.63) is 15.9 Å². The SMILES string of the molecule is CN(C)C(=O)C1CCCN(S(=O)(=O)c2ccc(Br)s2)C1. The molecule has 0 saturated carbocycles. The summed E-state index contributed by atoms with van der Waals surface area (Å²) >= 11 is 4.47. The molecule has 8 heteroatoms. The fraction of sp³-hybridized carbons (Fsp3) is 0.583. The quantitative estimate of drug-likeness (QED) is 0.805. The first-order valence-corrected chi connectivity index (χ1v) is 9.34. The van der Waals surface area contributed by atoms with Gasteiger partial charge in [-0.1, -0.05) is 0 Å². The molecular formula is C12H17BrN2O3S2. The molecule has 5 nitrogen and oxygen atoms in total. The van der Waals surface area contributed by atoms with Gasteiger partial charge in [-0.05, 0) is 40.9 Å². The zero-order valence-corrected chi connectivity index (χ0v) is 14.6. The summed E-state index contributed by atoms with van der Waals surface area (Å²) in [5.74, 6) is -0.241. The van der Waals surface area contributed by atoms with Crippen LogP contribution in [0.15, 0.2) is 20.1 Å². The van der Waals surface area contributed by atoms with Gasteiger partial charge in [0.25, 0.3) is 10.0 Å². The molecule has 1 aliphatic rings. The Morgan fingerprint density at radius 1 is 1.45 bits per heavy atom. The Balaban J connectivity index is 2.18. The summed E-state index contributed by atoms with van der Waals surface area (Å²) in [6.45, 7) is 0.754. The van der Waals surface area contributed by atoms with E-state index in [-0.39, 0.29) is 18.4 Å². The summed E-state index contributed by atoms with van der Waals surface area (Å²) in [6.07, 6.45) is 1.47. The topological polar surface area (TPSA) is 57.7 Å². The zero-order valence-electron chi connectivity index (χ0n) is 11.4. The van der Waals surface area contributed by atoms with Crippen molar-refractivity contribution in [1.29, 1.82) is 0 Å². The van der Waals surface area contributed by atoms with Crippen molar-refractivity contribution < 1.29 is 13.2 Å². The molecule has 2 heterocycles. The lowest BCUT2D eigenvalue weighted by atomic mass is 9.98. The smallest absolute Gasteiger partial charge is 0.252 e. The van der Waals surface area contributed by atoms with Crippen LogP contribution in [0.4, 0.5) is 0 Å². The van der Waals surface area contributed by atoms with Crippen molar-refractivity contribution in [2.45, 2.75) is 17.1 Å². The van der Waals surface area contributed by atoms with Crippen molar-refractivity contribution in [2.75, 3.05) is 27.2 Å². The second-order valence-corrected chi connectivity index (χ2v) is 9.62. The van der Waals surface area contributed by atoms with E-state index in [2.05, 4.69) is 15.9 Å². The van der Waals surface area contributed by atoms with Crippen molar-refractivity contribution in [3.8, 4) is 0 Å². The fourth-order valence-corrected chi connectivity index (χ4v) is 5.98. The van der Waals surface area contributed by atoms with Gasteiger partial charge in [-0.3, -0.25) is 4.79 Å². The van der Waals surface area contributed by atoms with Gasteiger partial charge >= 0.3 is 0 Å². The van der Waals surface area contributed by atoms with Crippen LogP contribution in [0.3, 0.4) is 0 Å². The Kier molecular flexibility index (Phi) is 4.88. The lowest BCUT2D eigenvalue weighted by Gasteiger charge is -2.32. The first-order chi connectivity index (χ1) is 9.32. The minimum atomic E-state index is -3.48. The third-order valence-corrected chi connectivity index (χ3v) is 7.27. The van der Waals surface area contributed by atoms with Gasteiger partial charge in [-0.2, -0.15) is 4.31 Å². The fourth-order valence-electron chi connectivity index (χ4n) is 2.29. The van der Waals surface area contributed by atoms with E-state index in [0.29, 0.717) is 10.8 Å². The van der Waals surface area contributed by atoms with E-state index in [1.54, 1.807) is 26.2 Å². The maximum Gasteiger partial charge on any atom is 0.252 e. The van der Waals surface area contributed by atoms with E-state index in [1.807, 2.05) is 0 Å². The maximum absolute atomic E-state index is 12.5. The van der Waals surface area contributed by atoms with E-state index in [9.17, 15) is 13.2 Å². The molecule has 112 valence electrons. The maximum atomic E-state index is 12.5. The summed E-state index contributed by atoms with van der Waals surface area (Å²) in [7, 11) is -0.0811. The van der Waals surface area contributed by atoms with E-state index in [4.69, 9.17) is 0 Å². The third-order valence-electron chi connectivity index (χ3n) is 3.32. The summed E-state index contributed by atoms with van der Waals surface area (Å²) < 4.78 is 27.6. The molecule has 1 saturated heterocycles. The molecule has 1 fully saturated rings. The second-order valence-electron chi connectivity index (χ2n) is 4.99. The first-order valence-electron chi connectivity index (χ1n) is 6.29. The average molecular weight is 381 g/mol. The summed E-state index contributed by atoms with van der Waals surface area (Å²) in [5, 5.41) is 0. The van der Waals surface area contributed by atoms with Crippen molar-refractivity contribution in [3.63, 3.8) is 0 Å². The van der Waals surface area contributed by atoms with Crippen LogP contribution in [-0.4, -0.2) is 50.7 Å². The van der Waals surface area contributed by atoms with Gasteiger partial charge in [0.2, 0.25) is 5.91 Å². The second kappa shape index (κ2) is 6.13. The van der Waals surface area contributed by atoms with Crippen molar-refractivity contribution >= 4 is 43.2 Å². The van der Waals surface area contributed by atoms with Crippen LogP contribution < -0.4 is 0 Å². The van der Waals surface area contributed by atoms with Gasteiger partial charge in [0.05, 0.1) is 9.70 Å². The van der Waals surface area contributed by atoms with Crippen LogP contribution in [0, 0.1) is 5.92 Å². The predicted molar refractivity (Wildman–Crippen MR) is 82.2 cm³/mol. The Bertz CT molecular complexity index is 598. The highest BCUT2D eigenvalue weighted by Crippen LogP contribution is 2.31. The van der Waals surface area contributed by atoms with Crippen LogP contribution in [0.1, 0.15) is 12.8 Å². The van der Waals surface area contributed by atoms with Gasteiger partial charge in [-0.25, -0.2) is 8.42 Å². The highest BCUT2D eigenvalue weighted by molar-refractivity contribution is 9.11. The molecular weight excluding hydrogens is 364 g/mol. The van der Waals surface area contributed by atoms with Gasteiger partial charge in [-0.15, -0.1) is 11.3 Å². The zero-order chi connectivity index (χ0) is 14.9. The normalized spacial score (nSPS) is 20.9. The molecule has 1 aromatic heterocycles. The molecule has 1 unspecified atom stereocenters. The van der Waals surface area contributed by atoms with E-state index >= 15 is 0 Å². The molecule has 1 aromatic rings. The van der Waals surface area contributed by atoms with Crippen LogP contribution in [0.5, 0.6) is 0 Å². The molecule has 0 spiro atoms. The number of nitrogens with zero attached hydrogens (tertiary/aromatic N) is 2. The van der Waals surface area contributed by atoms with Crippen molar-refractivity contribution in [1.82, 2.24) is 9.21 Å². The molecule has 0 aliphatic carbocycles. The number of rotatable bonds is 3. The Morgan fingerprint density at radius 2 is 2.15 bits per heavy atom. The number of piperidine rings is 1. The lowest BCUT2D eigenvalue weighted by molar-refractivity contribution is -0.134. The van der Waals surface area contributed by atoms with Crippen LogP contribution in [0.2, 0.25) is 0 Å². The molecule has 0 radical (unpaired) electrons. The molecule has 1 atom stereocenters. The molecule has 0 aromatic carbocycles. The van der Waals surface area contributed by atoms with E-state index < -0.39 is 10.0 Å². The number of thiophene rings is 1. The van der Waals surface area contributed by atoms with Gasteiger partial charge in [0.1, 0.15) is 4.21 Å². The first kappa shape index (κ1) is 15.9. The number of carbonyl (C=O) groups is 1. The number of halogens is 1. The highest BCUT2D eigenvalue weighted by atomic mass is 79.9. The summed E-state index contributed by atoms with van der Waals surface area (Å²) in [4.78, 5) is 13.5. The predicted octanol–water partition coefficient (Wildman–Crippen LogP) is 2.00. The number of hydrogen-bond donors (Lipinski definition) is 0. The minimum absolute atomic E-state index is 0.00254. The lowest BCUT2D eigenvalue weighted by Crippen LogP contribution is -2.44. The molecule has 20 heavy (non-hydrogen) atoms. The van der Waals surface area contributed by atoms with Crippen LogP contribution in [-0.2, 0) is 14.8 Å². The highest BCUT2D eigenvalue weighted by Gasteiger charge is 2.34. The number of carbonyl (C=O) groups excluding carboxylic acids is 1. The molecule has 2 rings (SSSR count). The summed E-state index contributed by atoms with van der Waals surface area (Å²) in [5.41, 5.74) is 0. The largest absolute Gasteiger partial charge is 0.349 e. The molecule has 1 aliphatic heterocycles. The molecule has 0 bridgehead atoms. The van der Waals surface area contributed by atoms with Gasteiger partial charge in [0, 0.05) is 27.2 Å². The molecule has 1 amide bonds. The summed E-state index contributed by atoms with van der Waals surface area (Å²) in [6, 6.07) is 3.32. The number of amides is 1. The van der Waals surface area contributed by atoms with E-state index in [0.717, 1.165) is 16.6 Å². The molecule has 0 N–H and O–H groups in total. The van der Waals surface area contributed by atoms with Crippen LogP contribution in [0.25, 0.3) is 0 Å². The van der Waals surface area contributed by atoms with Crippen LogP contribution >= 0.6 is 27.3 Å². The Labute approximate surface area is 131 Å². The monoisotopic (exact) mass is 380 g/mol. The minimum Gasteiger partial charge on any atom is -0.349 e. The number of hydrogen-bond acceptors (Lipinski definition) is 4. The van der Waals surface area contributed by atoms with E-state index in [1.165, 1.54) is 20.5 Å². The number of sulfonamides is 1. The Hall–Kier alpha value is -0.440. The third kappa shape index (κ3) is 3.24. The van der Waals surface area contributed by atoms with Gasteiger partial charge < -0.3 is 4.90 Å². The van der Waals surface area contributed by atoms with Crippen molar-refractivity contribution in [2.24, 2.45) is 5.92 Å². The average Bonchev–Trinajstić information content (AvgIpc) is 2.85. The Morgan fingerprint density at radius 3 is 2.70 bits per heavy atom. The standard InChI is InChI=1S/C12H17BrN2O3S2/c1-14(2)12(16)9-4-3-7-15(8-9)20(17,18)11-6-5-10(13)19-11/h5-6,9H,3-4,7-8H2,1-2H3. The van der Waals surface area contributed by atoms with Gasteiger partial charge in [0.15, 0.2) is 0 Å².